The molecule has 136 valence electrons. The summed E-state index contributed by atoms with van der Waals surface area (Å²) in [6, 6.07) is 5.92. The molecule has 1 aromatic rings. The van der Waals surface area contributed by atoms with E-state index in [-0.39, 0.29) is 18.1 Å². The molecule has 0 spiro atoms. The summed E-state index contributed by atoms with van der Waals surface area (Å²) in [7, 11) is 0. The lowest BCUT2D eigenvalue weighted by Gasteiger charge is -2.19. The van der Waals surface area contributed by atoms with Gasteiger partial charge in [0.05, 0.1) is 12.7 Å². The maximum absolute atomic E-state index is 12.3. The zero-order valence-corrected chi connectivity index (χ0v) is 14.9. The number of ether oxygens (including phenoxy) is 2. The highest BCUT2D eigenvalue weighted by atomic mass is 16.5. The number of carbonyl (C=O) groups is 1. The first-order valence-electron chi connectivity index (χ1n) is 9.32. The van der Waals surface area contributed by atoms with Gasteiger partial charge in [-0.1, -0.05) is 12.1 Å². The van der Waals surface area contributed by atoms with E-state index >= 15 is 0 Å². The summed E-state index contributed by atoms with van der Waals surface area (Å²) in [5.41, 5.74) is 6.77. The predicted octanol–water partition coefficient (Wildman–Crippen LogP) is 2.98. The van der Waals surface area contributed by atoms with Gasteiger partial charge in [0.25, 0.3) is 0 Å². The van der Waals surface area contributed by atoms with Gasteiger partial charge in [0, 0.05) is 30.8 Å². The minimum Gasteiger partial charge on any atom is -0.490 e. The van der Waals surface area contributed by atoms with Gasteiger partial charge in [-0.3, -0.25) is 4.79 Å². The fourth-order valence-corrected chi connectivity index (χ4v) is 3.49. The smallest absolute Gasteiger partial charge is 0.246 e. The molecule has 0 radical (unpaired) electrons. The van der Waals surface area contributed by atoms with E-state index in [1.807, 2.05) is 31.2 Å². The van der Waals surface area contributed by atoms with Crippen molar-refractivity contribution in [2.45, 2.75) is 51.2 Å². The highest BCUT2D eigenvalue weighted by Gasteiger charge is 2.23. The Morgan fingerprint density at radius 3 is 2.80 bits per heavy atom. The number of nitrogens with zero attached hydrogens (tertiary/aromatic N) is 1. The van der Waals surface area contributed by atoms with Crippen LogP contribution in [0.15, 0.2) is 24.3 Å². The molecule has 1 aromatic carbocycles. The van der Waals surface area contributed by atoms with Crippen LogP contribution in [-0.2, 0) is 4.79 Å². The average Bonchev–Trinajstić information content (AvgIpc) is 3.26. The normalized spacial score (nSPS) is 21.2. The Bertz CT molecular complexity index is 623. The minimum atomic E-state index is 0.00146. The average molecular weight is 344 g/mol. The zero-order valence-electron chi connectivity index (χ0n) is 14.9. The molecule has 25 heavy (non-hydrogen) atoms. The summed E-state index contributed by atoms with van der Waals surface area (Å²) in [6.45, 7) is 3.91. The SMILES string of the molecule is CCOc1cccc(/C=C/C(=O)N2CC[C@H](N)C2)c1OC1CCCC1. The molecule has 2 aliphatic rings. The molecule has 0 aromatic heterocycles. The zero-order chi connectivity index (χ0) is 17.6. The van der Waals surface area contributed by atoms with Crippen LogP contribution >= 0.6 is 0 Å². The monoisotopic (exact) mass is 344 g/mol. The van der Waals surface area contributed by atoms with E-state index in [0.717, 1.165) is 42.9 Å². The second-order valence-corrected chi connectivity index (χ2v) is 6.80. The molecule has 0 bridgehead atoms. The summed E-state index contributed by atoms with van der Waals surface area (Å²) in [5.74, 6) is 1.49. The maximum Gasteiger partial charge on any atom is 0.246 e. The lowest BCUT2D eigenvalue weighted by Crippen LogP contribution is -2.30. The molecule has 5 nitrogen and oxygen atoms in total. The van der Waals surface area contributed by atoms with Crippen molar-refractivity contribution in [2.24, 2.45) is 5.73 Å². The van der Waals surface area contributed by atoms with Crippen molar-refractivity contribution in [3.05, 3.63) is 29.8 Å². The molecular weight excluding hydrogens is 316 g/mol. The third-order valence-corrected chi connectivity index (χ3v) is 4.84. The number of hydrogen-bond acceptors (Lipinski definition) is 4. The number of hydrogen-bond donors (Lipinski definition) is 1. The Hall–Kier alpha value is -2.01. The van der Waals surface area contributed by atoms with Crippen LogP contribution in [0.5, 0.6) is 11.5 Å². The van der Waals surface area contributed by atoms with Crippen LogP contribution < -0.4 is 15.2 Å². The number of rotatable bonds is 6. The molecule has 2 fully saturated rings. The number of nitrogens with two attached hydrogens (primary N) is 1. The van der Waals surface area contributed by atoms with E-state index in [2.05, 4.69) is 0 Å². The number of amides is 1. The van der Waals surface area contributed by atoms with Gasteiger partial charge in [-0.15, -0.1) is 0 Å². The van der Waals surface area contributed by atoms with E-state index in [9.17, 15) is 4.79 Å². The molecule has 1 atom stereocenters. The number of para-hydroxylation sites is 1. The van der Waals surface area contributed by atoms with E-state index in [1.165, 1.54) is 12.8 Å². The second-order valence-electron chi connectivity index (χ2n) is 6.80. The Morgan fingerprint density at radius 1 is 1.32 bits per heavy atom. The van der Waals surface area contributed by atoms with Crippen molar-refractivity contribution >= 4 is 12.0 Å². The Balaban J connectivity index is 1.77. The molecular formula is C20H28N2O3. The molecule has 1 aliphatic heterocycles. The van der Waals surface area contributed by atoms with Crippen LogP contribution in [0.25, 0.3) is 6.08 Å². The number of likely N-dealkylation sites (tertiary alicyclic amines) is 1. The van der Waals surface area contributed by atoms with Gasteiger partial charge in [-0.2, -0.15) is 0 Å². The van der Waals surface area contributed by atoms with Crippen LogP contribution in [0.3, 0.4) is 0 Å². The molecule has 0 unspecified atom stereocenters. The number of benzene rings is 1. The van der Waals surface area contributed by atoms with Crippen molar-refractivity contribution in [3.8, 4) is 11.5 Å². The maximum atomic E-state index is 12.3. The van der Waals surface area contributed by atoms with Gasteiger partial charge in [0.15, 0.2) is 11.5 Å². The first kappa shape index (κ1) is 17.8. The highest BCUT2D eigenvalue weighted by molar-refractivity contribution is 5.92. The quantitative estimate of drug-likeness (QED) is 0.806. The first-order valence-corrected chi connectivity index (χ1v) is 9.32. The van der Waals surface area contributed by atoms with Gasteiger partial charge in [0.1, 0.15) is 0 Å². The molecule has 3 rings (SSSR count). The summed E-state index contributed by atoms with van der Waals surface area (Å²) in [5, 5.41) is 0. The molecule has 1 amide bonds. The summed E-state index contributed by atoms with van der Waals surface area (Å²) >= 11 is 0. The van der Waals surface area contributed by atoms with Crippen molar-refractivity contribution in [1.29, 1.82) is 0 Å². The number of carbonyl (C=O) groups excluding carboxylic acids is 1. The van der Waals surface area contributed by atoms with Crippen LogP contribution in [0.2, 0.25) is 0 Å². The first-order chi connectivity index (χ1) is 12.2. The lowest BCUT2D eigenvalue weighted by atomic mass is 10.1. The summed E-state index contributed by atoms with van der Waals surface area (Å²) in [6.07, 6.45) is 9.13. The minimum absolute atomic E-state index is 0.00146. The molecule has 2 N–H and O–H groups in total. The van der Waals surface area contributed by atoms with Gasteiger partial charge < -0.3 is 20.1 Å². The van der Waals surface area contributed by atoms with E-state index in [0.29, 0.717) is 13.2 Å². The van der Waals surface area contributed by atoms with Gasteiger partial charge in [-0.05, 0) is 51.2 Å². The second kappa shape index (κ2) is 8.39. The Kier molecular flexibility index (Phi) is 5.97. The van der Waals surface area contributed by atoms with E-state index in [4.69, 9.17) is 15.2 Å². The molecule has 1 saturated carbocycles. The fraction of sp³-hybridized carbons (Fsp3) is 0.550. The summed E-state index contributed by atoms with van der Waals surface area (Å²) in [4.78, 5) is 14.1. The van der Waals surface area contributed by atoms with Crippen molar-refractivity contribution in [1.82, 2.24) is 4.90 Å². The molecule has 5 heteroatoms. The Labute approximate surface area is 149 Å². The van der Waals surface area contributed by atoms with Gasteiger partial charge >= 0.3 is 0 Å². The topological polar surface area (TPSA) is 64.8 Å². The van der Waals surface area contributed by atoms with Crippen LogP contribution in [0, 0.1) is 0 Å². The van der Waals surface area contributed by atoms with E-state index < -0.39 is 0 Å². The van der Waals surface area contributed by atoms with Crippen LogP contribution in [0.1, 0.15) is 44.6 Å². The van der Waals surface area contributed by atoms with Crippen molar-refractivity contribution in [3.63, 3.8) is 0 Å². The van der Waals surface area contributed by atoms with Crippen LogP contribution in [0.4, 0.5) is 0 Å². The largest absolute Gasteiger partial charge is 0.490 e. The third kappa shape index (κ3) is 4.54. The van der Waals surface area contributed by atoms with Crippen LogP contribution in [-0.4, -0.2) is 42.6 Å². The third-order valence-electron chi connectivity index (χ3n) is 4.84. The summed E-state index contributed by atoms with van der Waals surface area (Å²) < 4.78 is 12.0. The lowest BCUT2D eigenvalue weighted by molar-refractivity contribution is -0.124. The van der Waals surface area contributed by atoms with Gasteiger partial charge in [-0.25, -0.2) is 0 Å². The fourth-order valence-electron chi connectivity index (χ4n) is 3.49. The molecule has 1 aliphatic carbocycles. The Morgan fingerprint density at radius 2 is 2.12 bits per heavy atom. The van der Waals surface area contributed by atoms with Gasteiger partial charge in [0.2, 0.25) is 5.91 Å². The predicted molar refractivity (Wildman–Crippen MR) is 98.7 cm³/mol. The standard InChI is InChI=1S/C20H28N2O3/c1-2-24-18-9-5-6-15(20(18)25-17-7-3-4-8-17)10-11-19(23)22-13-12-16(21)14-22/h5-6,9-11,16-17H,2-4,7-8,12-14,21H2,1H3/b11-10+/t16-/m0/s1. The van der Waals surface area contributed by atoms with Crippen molar-refractivity contribution < 1.29 is 14.3 Å². The molecule has 1 saturated heterocycles. The van der Waals surface area contributed by atoms with E-state index in [1.54, 1.807) is 11.0 Å². The molecule has 1 heterocycles. The van der Waals surface area contributed by atoms with Crippen molar-refractivity contribution in [2.75, 3.05) is 19.7 Å². The highest BCUT2D eigenvalue weighted by Crippen LogP contribution is 2.35.